The van der Waals surface area contributed by atoms with Crippen LogP contribution in [0.15, 0.2) is 29.2 Å². The Kier molecular flexibility index (Phi) is 4.03. The first-order chi connectivity index (χ1) is 9.60. The number of aliphatic hydroxyl groups is 1. The summed E-state index contributed by atoms with van der Waals surface area (Å²) in [6, 6.07) is 5.36. The second kappa shape index (κ2) is 5.91. The zero-order valence-electron chi connectivity index (χ0n) is 10.8. The number of nitrogens with one attached hydrogen (secondary N) is 3. The van der Waals surface area contributed by atoms with Crippen molar-refractivity contribution >= 4 is 11.6 Å². The molecule has 1 amide bonds. The summed E-state index contributed by atoms with van der Waals surface area (Å²) in [5.74, 6) is 4.87. The van der Waals surface area contributed by atoms with Crippen molar-refractivity contribution in [3.05, 3.63) is 51.7 Å². The lowest BCUT2D eigenvalue weighted by molar-refractivity contribution is 0.102. The number of aromatic nitrogens is 2. The highest BCUT2D eigenvalue weighted by molar-refractivity contribution is 6.03. The minimum Gasteiger partial charge on any atom is -0.384 e. The Morgan fingerprint density at radius 3 is 2.90 bits per heavy atom. The van der Waals surface area contributed by atoms with Crippen molar-refractivity contribution in [1.29, 1.82) is 0 Å². The highest BCUT2D eigenvalue weighted by atomic mass is 16.2. The van der Waals surface area contributed by atoms with Gasteiger partial charge in [0.25, 0.3) is 5.91 Å². The van der Waals surface area contributed by atoms with Gasteiger partial charge in [-0.15, -0.1) is 0 Å². The Morgan fingerprint density at radius 1 is 1.45 bits per heavy atom. The highest BCUT2D eigenvalue weighted by Crippen LogP contribution is 2.17. The van der Waals surface area contributed by atoms with Crippen LogP contribution in [0.25, 0.3) is 0 Å². The Labute approximate surface area is 114 Å². The van der Waals surface area contributed by atoms with Gasteiger partial charge in [-0.05, 0) is 24.6 Å². The minimum atomic E-state index is -0.445. The third-order valence-corrected chi connectivity index (χ3v) is 2.57. The van der Waals surface area contributed by atoms with Gasteiger partial charge < -0.3 is 20.4 Å². The number of anilines is 1. The predicted molar refractivity (Wildman–Crippen MR) is 74.5 cm³/mol. The van der Waals surface area contributed by atoms with Gasteiger partial charge in [0.1, 0.15) is 12.3 Å². The number of hydrogen-bond donors (Lipinski definition) is 4. The summed E-state index contributed by atoms with van der Waals surface area (Å²) in [6.07, 6.45) is 1.30. The van der Waals surface area contributed by atoms with E-state index in [9.17, 15) is 9.59 Å². The van der Waals surface area contributed by atoms with Gasteiger partial charge in [-0.25, -0.2) is 4.79 Å². The second-order valence-corrected chi connectivity index (χ2v) is 4.12. The highest BCUT2D eigenvalue weighted by Gasteiger charge is 2.10. The molecule has 0 bridgehead atoms. The molecule has 20 heavy (non-hydrogen) atoms. The van der Waals surface area contributed by atoms with Gasteiger partial charge in [0.2, 0.25) is 0 Å². The molecule has 0 radical (unpaired) electrons. The van der Waals surface area contributed by atoms with E-state index in [1.54, 1.807) is 12.1 Å². The van der Waals surface area contributed by atoms with E-state index in [1.165, 1.54) is 6.20 Å². The normalized spacial score (nSPS) is 9.70. The fourth-order valence-electron chi connectivity index (χ4n) is 1.65. The van der Waals surface area contributed by atoms with E-state index in [2.05, 4.69) is 27.1 Å². The van der Waals surface area contributed by atoms with Crippen molar-refractivity contribution in [1.82, 2.24) is 9.97 Å². The Morgan fingerprint density at radius 2 is 2.25 bits per heavy atom. The lowest BCUT2D eigenvalue weighted by Gasteiger charge is -2.07. The van der Waals surface area contributed by atoms with Gasteiger partial charge in [-0.3, -0.25) is 4.79 Å². The van der Waals surface area contributed by atoms with E-state index in [0.717, 1.165) is 5.56 Å². The molecule has 2 aromatic rings. The quantitative estimate of drug-likeness (QED) is 0.602. The first-order valence-corrected chi connectivity index (χ1v) is 5.89. The van der Waals surface area contributed by atoms with Crippen LogP contribution in [0.1, 0.15) is 21.6 Å². The average Bonchev–Trinajstić information content (AvgIpc) is 2.85. The number of imidazole rings is 1. The SMILES string of the molecule is Cc1ccc(NC(=O)c2c[nH]c(=O)[nH]2)c(C#CCO)c1. The monoisotopic (exact) mass is 271 g/mol. The first-order valence-electron chi connectivity index (χ1n) is 5.89. The Hall–Kier alpha value is -2.78. The molecule has 0 atom stereocenters. The summed E-state index contributed by atoms with van der Waals surface area (Å²) >= 11 is 0. The standard InChI is InChI=1S/C14H13N3O3/c1-9-4-5-11(10(7-9)3-2-6-18)16-13(19)12-8-15-14(20)17-12/h4-5,7-8,18H,6H2,1H3,(H,16,19)(H2,15,17,20). The molecule has 1 heterocycles. The number of carbonyl (C=O) groups is 1. The number of aliphatic hydroxyl groups excluding tert-OH is 1. The Bertz CT molecular complexity index is 747. The maximum atomic E-state index is 11.9. The summed E-state index contributed by atoms with van der Waals surface area (Å²) in [5, 5.41) is 11.4. The number of carbonyl (C=O) groups excluding carboxylic acids is 1. The fourth-order valence-corrected chi connectivity index (χ4v) is 1.65. The van der Waals surface area contributed by atoms with E-state index in [0.29, 0.717) is 11.3 Å². The summed E-state index contributed by atoms with van der Waals surface area (Å²) in [6.45, 7) is 1.64. The van der Waals surface area contributed by atoms with Gasteiger partial charge in [0.15, 0.2) is 0 Å². The van der Waals surface area contributed by atoms with E-state index in [-0.39, 0.29) is 12.3 Å². The molecule has 0 fully saturated rings. The molecule has 102 valence electrons. The number of aromatic amines is 2. The number of benzene rings is 1. The molecule has 0 aliphatic rings. The molecule has 0 aliphatic carbocycles. The van der Waals surface area contributed by atoms with Crippen molar-refractivity contribution in [3.8, 4) is 11.8 Å². The lowest BCUT2D eigenvalue weighted by Crippen LogP contribution is -2.14. The van der Waals surface area contributed by atoms with E-state index in [4.69, 9.17) is 5.11 Å². The van der Waals surface area contributed by atoms with E-state index >= 15 is 0 Å². The van der Waals surface area contributed by atoms with Gasteiger partial charge >= 0.3 is 5.69 Å². The average molecular weight is 271 g/mol. The number of aryl methyl sites for hydroxylation is 1. The summed E-state index contributed by atoms with van der Waals surface area (Å²) in [7, 11) is 0. The van der Waals surface area contributed by atoms with Crippen LogP contribution in [0.2, 0.25) is 0 Å². The van der Waals surface area contributed by atoms with Crippen molar-refractivity contribution in [2.24, 2.45) is 0 Å². The van der Waals surface area contributed by atoms with Crippen LogP contribution in [0, 0.1) is 18.8 Å². The summed E-state index contributed by atoms with van der Waals surface area (Å²) < 4.78 is 0. The molecule has 0 spiro atoms. The van der Waals surface area contributed by atoms with Gasteiger partial charge in [0.05, 0.1) is 5.69 Å². The predicted octanol–water partition coefficient (Wildman–Crippen LogP) is 0.608. The molecule has 1 aromatic heterocycles. The molecule has 0 saturated carbocycles. The first kappa shape index (κ1) is 13.6. The van der Waals surface area contributed by atoms with Crippen LogP contribution in [-0.4, -0.2) is 27.6 Å². The Balaban J connectivity index is 2.29. The third-order valence-electron chi connectivity index (χ3n) is 2.57. The summed E-state index contributed by atoms with van der Waals surface area (Å²) in [5.41, 5.74) is 1.80. The minimum absolute atomic E-state index is 0.136. The molecule has 6 heteroatoms. The van der Waals surface area contributed by atoms with Gasteiger partial charge in [0, 0.05) is 11.8 Å². The lowest BCUT2D eigenvalue weighted by atomic mass is 10.1. The van der Waals surface area contributed by atoms with Crippen LogP contribution in [-0.2, 0) is 0 Å². The van der Waals surface area contributed by atoms with Crippen molar-refractivity contribution in [2.75, 3.05) is 11.9 Å². The molecule has 6 nitrogen and oxygen atoms in total. The van der Waals surface area contributed by atoms with Crippen molar-refractivity contribution in [2.45, 2.75) is 6.92 Å². The maximum Gasteiger partial charge on any atom is 0.323 e. The van der Waals surface area contributed by atoms with Crippen molar-refractivity contribution < 1.29 is 9.90 Å². The molecule has 0 saturated heterocycles. The number of H-pyrrole nitrogens is 2. The van der Waals surface area contributed by atoms with Crippen LogP contribution >= 0.6 is 0 Å². The molecular weight excluding hydrogens is 258 g/mol. The smallest absolute Gasteiger partial charge is 0.323 e. The molecule has 0 aliphatic heterocycles. The zero-order chi connectivity index (χ0) is 14.5. The topological polar surface area (TPSA) is 98.0 Å². The van der Waals surface area contributed by atoms with Gasteiger partial charge in [-0.2, -0.15) is 0 Å². The van der Waals surface area contributed by atoms with Crippen molar-refractivity contribution in [3.63, 3.8) is 0 Å². The number of amides is 1. The molecule has 4 N–H and O–H groups in total. The molecule has 0 unspecified atom stereocenters. The molecule has 1 aromatic carbocycles. The second-order valence-electron chi connectivity index (χ2n) is 4.12. The number of hydrogen-bond acceptors (Lipinski definition) is 3. The largest absolute Gasteiger partial charge is 0.384 e. The van der Waals surface area contributed by atoms with Crippen LogP contribution in [0.3, 0.4) is 0 Å². The number of rotatable bonds is 2. The van der Waals surface area contributed by atoms with Crippen LogP contribution < -0.4 is 11.0 Å². The van der Waals surface area contributed by atoms with E-state index in [1.807, 2.05) is 13.0 Å². The van der Waals surface area contributed by atoms with Crippen LogP contribution in [0.4, 0.5) is 5.69 Å². The molecular formula is C14H13N3O3. The van der Waals surface area contributed by atoms with Gasteiger partial charge in [-0.1, -0.05) is 17.9 Å². The third kappa shape index (κ3) is 3.16. The maximum absolute atomic E-state index is 11.9. The fraction of sp³-hybridized carbons (Fsp3) is 0.143. The van der Waals surface area contributed by atoms with E-state index < -0.39 is 11.6 Å². The summed E-state index contributed by atoms with van der Waals surface area (Å²) in [4.78, 5) is 27.6. The molecule has 2 rings (SSSR count). The van der Waals surface area contributed by atoms with Crippen LogP contribution in [0.5, 0.6) is 0 Å². The zero-order valence-corrected chi connectivity index (χ0v) is 10.8.